The van der Waals surface area contributed by atoms with Crippen molar-refractivity contribution < 1.29 is 4.79 Å². The Kier molecular flexibility index (Phi) is 5.56. The molecule has 42 valence electrons. The van der Waals surface area contributed by atoms with Gasteiger partial charge in [-0.15, -0.1) is 11.6 Å². The van der Waals surface area contributed by atoms with E-state index in [0.717, 1.165) is 6.42 Å². The number of hydrogen-bond acceptors (Lipinski definition) is 1. The largest absolute Gasteiger partial charge is 0.359 e. The third-order valence-electron chi connectivity index (χ3n) is 0.538. The van der Waals surface area contributed by atoms with Crippen molar-refractivity contribution in [3.8, 4) is 0 Å². The second-order valence-corrected chi connectivity index (χ2v) is 1.49. The van der Waals surface area contributed by atoms with Crippen LogP contribution in [0.3, 0.4) is 0 Å². The minimum absolute atomic E-state index is 0.612. The molecular formula is C4H8ClNO. The van der Waals surface area contributed by atoms with E-state index >= 15 is 0 Å². The summed E-state index contributed by atoms with van der Waals surface area (Å²) in [6, 6.07) is 0. The minimum Gasteiger partial charge on any atom is -0.359 e. The highest BCUT2D eigenvalue weighted by Gasteiger charge is 1.77. The van der Waals surface area contributed by atoms with Crippen LogP contribution >= 0.6 is 11.6 Å². The van der Waals surface area contributed by atoms with Gasteiger partial charge in [0.15, 0.2) is 0 Å². The third kappa shape index (κ3) is 5.76. The van der Waals surface area contributed by atoms with Crippen LogP contribution in [-0.2, 0) is 4.79 Å². The highest BCUT2D eigenvalue weighted by molar-refractivity contribution is 6.17. The van der Waals surface area contributed by atoms with Gasteiger partial charge in [0.05, 0.1) is 0 Å². The molecule has 0 aromatic carbocycles. The summed E-state index contributed by atoms with van der Waals surface area (Å²) in [7, 11) is 0. The van der Waals surface area contributed by atoms with Crippen LogP contribution < -0.4 is 5.32 Å². The van der Waals surface area contributed by atoms with Crippen molar-refractivity contribution in [3.05, 3.63) is 0 Å². The molecule has 1 amide bonds. The van der Waals surface area contributed by atoms with E-state index < -0.39 is 0 Å². The van der Waals surface area contributed by atoms with Crippen LogP contribution in [0.15, 0.2) is 0 Å². The number of rotatable bonds is 4. The standard InChI is InChI=1S/C4H8ClNO/c5-2-1-3-6-4-7/h4H,1-3H2,(H,6,7). The summed E-state index contributed by atoms with van der Waals surface area (Å²) >= 11 is 5.28. The van der Waals surface area contributed by atoms with E-state index in [1.807, 2.05) is 0 Å². The highest BCUT2D eigenvalue weighted by Crippen LogP contribution is 1.78. The summed E-state index contributed by atoms with van der Waals surface area (Å²) in [5.41, 5.74) is 0. The van der Waals surface area contributed by atoms with Crippen molar-refractivity contribution in [1.29, 1.82) is 0 Å². The van der Waals surface area contributed by atoms with Gasteiger partial charge in [-0.2, -0.15) is 0 Å². The van der Waals surface area contributed by atoms with E-state index in [2.05, 4.69) is 5.32 Å². The van der Waals surface area contributed by atoms with Gasteiger partial charge in [-0.05, 0) is 6.42 Å². The van der Waals surface area contributed by atoms with Gasteiger partial charge in [0, 0.05) is 12.4 Å². The van der Waals surface area contributed by atoms with Crippen molar-refractivity contribution in [2.45, 2.75) is 6.42 Å². The molecule has 0 aromatic heterocycles. The molecule has 0 aliphatic carbocycles. The highest BCUT2D eigenvalue weighted by atomic mass is 35.5. The summed E-state index contributed by atoms with van der Waals surface area (Å²) < 4.78 is 0. The van der Waals surface area contributed by atoms with Gasteiger partial charge < -0.3 is 5.32 Å². The monoisotopic (exact) mass is 121 g/mol. The molecule has 0 saturated heterocycles. The molecule has 0 atom stereocenters. The van der Waals surface area contributed by atoms with Crippen molar-refractivity contribution in [2.75, 3.05) is 12.4 Å². The number of hydrogen-bond donors (Lipinski definition) is 1. The van der Waals surface area contributed by atoms with Gasteiger partial charge in [-0.3, -0.25) is 4.79 Å². The van der Waals surface area contributed by atoms with Crippen LogP contribution in [0.1, 0.15) is 6.42 Å². The summed E-state index contributed by atoms with van der Waals surface area (Å²) in [6.07, 6.45) is 1.52. The number of nitrogens with one attached hydrogen (secondary N) is 1. The molecule has 0 radical (unpaired) electrons. The van der Waals surface area contributed by atoms with Gasteiger partial charge in [0.2, 0.25) is 6.41 Å². The van der Waals surface area contributed by atoms with Crippen molar-refractivity contribution in [2.24, 2.45) is 0 Å². The van der Waals surface area contributed by atoms with Gasteiger partial charge >= 0.3 is 0 Å². The molecule has 0 unspecified atom stereocenters. The van der Waals surface area contributed by atoms with Crippen molar-refractivity contribution in [3.63, 3.8) is 0 Å². The van der Waals surface area contributed by atoms with Crippen molar-refractivity contribution >= 4 is 18.0 Å². The van der Waals surface area contributed by atoms with Crippen LogP contribution in [0.2, 0.25) is 0 Å². The van der Waals surface area contributed by atoms with E-state index in [-0.39, 0.29) is 0 Å². The van der Waals surface area contributed by atoms with Crippen LogP contribution in [0.25, 0.3) is 0 Å². The average molecular weight is 122 g/mol. The molecule has 2 nitrogen and oxygen atoms in total. The molecule has 3 heteroatoms. The SMILES string of the molecule is O=CNCCCCl. The molecule has 0 saturated carbocycles. The lowest BCUT2D eigenvalue weighted by Gasteiger charge is -1.89. The Morgan fingerprint density at radius 1 is 1.71 bits per heavy atom. The first kappa shape index (κ1) is 6.76. The predicted octanol–water partition coefficient (Wildman–Crippen LogP) is 0.361. The maximum Gasteiger partial charge on any atom is 0.207 e. The number of carbonyl (C=O) groups excluding carboxylic acids is 1. The zero-order valence-electron chi connectivity index (χ0n) is 3.98. The normalized spacial score (nSPS) is 8.14. The fraction of sp³-hybridized carbons (Fsp3) is 0.750. The number of amides is 1. The lowest BCUT2D eigenvalue weighted by atomic mass is 10.5. The van der Waals surface area contributed by atoms with Gasteiger partial charge in [-0.25, -0.2) is 0 Å². The Morgan fingerprint density at radius 2 is 2.43 bits per heavy atom. The molecule has 1 N–H and O–H groups in total. The van der Waals surface area contributed by atoms with Crippen LogP contribution in [0.5, 0.6) is 0 Å². The van der Waals surface area contributed by atoms with E-state index in [4.69, 9.17) is 11.6 Å². The molecule has 0 rings (SSSR count). The smallest absolute Gasteiger partial charge is 0.207 e. The fourth-order valence-corrected chi connectivity index (χ4v) is 0.361. The minimum atomic E-state index is 0.612. The number of carbonyl (C=O) groups is 1. The van der Waals surface area contributed by atoms with Gasteiger partial charge in [-0.1, -0.05) is 0 Å². The number of halogens is 1. The molecule has 0 spiro atoms. The summed E-state index contributed by atoms with van der Waals surface area (Å²) in [4.78, 5) is 9.53. The molecule has 0 bridgehead atoms. The van der Waals surface area contributed by atoms with E-state index in [0.29, 0.717) is 18.8 Å². The van der Waals surface area contributed by atoms with Gasteiger partial charge in [0.25, 0.3) is 0 Å². The first-order valence-electron chi connectivity index (χ1n) is 2.15. The summed E-state index contributed by atoms with van der Waals surface area (Å²) in [5, 5.41) is 2.48. The molecule has 0 heterocycles. The topological polar surface area (TPSA) is 29.1 Å². The molecule has 0 fully saturated rings. The Balaban J connectivity index is 2.56. The third-order valence-corrected chi connectivity index (χ3v) is 0.805. The summed E-state index contributed by atoms with van der Waals surface area (Å²) in [6.45, 7) is 0.688. The Morgan fingerprint density at radius 3 is 2.86 bits per heavy atom. The van der Waals surface area contributed by atoms with E-state index in [1.54, 1.807) is 0 Å². The summed E-state index contributed by atoms with van der Waals surface area (Å²) in [5.74, 6) is 0.612. The zero-order valence-corrected chi connectivity index (χ0v) is 4.74. The molecular weight excluding hydrogens is 114 g/mol. The maximum absolute atomic E-state index is 9.53. The fourth-order valence-electron chi connectivity index (χ4n) is 0.228. The van der Waals surface area contributed by atoms with Crippen LogP contribution in [-0.4, -0.2) is 18.8 Å². The average Bonchev–Trinajstić information content (AvgIpc) is 1.69. The van der Waals surface area contributed by atoms with E-state index in [1.165, 1.54) is 0 Å². The quantitative estimate of drug-likeness (QED) is 0.325. The maximum atomic E-state index is 9.53. The second-order valence-electron chi connectivity index (χ2n) is 1.11. The molecule has 0 aliphatic heterocycles. The predicted molar refractivity (Wildman–Crippen MR) is 29.4 cm³/mol. The van der Waals surface area contributed by atoms with Crippen molar-refractivity contribution in [1.82, 2.24) is 5.32 Å². The van der Waals surface area contributed by atoms with Crippen LogP contribution in [0, 0.1) is 0 Å². The van der Waals surface area contributed by atoms with E-state index in [9.17, 15) is 4.79 Å². The second kappa shape index (κ2) is 5.76. The Bertz CT molecular complexity index is 49.0. The molecule has 7 heavy (non-hydrogen) atoms. The molecule has 0 aliphatic rings. The zero-order chi connectivity index (χ0) is 5.54. The lowest BCUT2D eigenvalue weighted by Crippen LogP contribution is -2.11. The van der Waals surface area contributed by atoms with Crippen LogP contribution in [0.4, 0.5) is 0 Å². The number of alkyl halides is 1. The Labute approximate surface area is 47.8 Å². The first-order valence-corrected chi connectivity index (χ1v) is 2.68. The lowest BCUT2D eigenvalue weighted by molar-refractivity contribution is -0.109. The first-order chi connectivity index (χ1) is 3.41. The Hall–Kier alpha value is -0.240. The molecule has 0 aromatic rings. The van der Waals surface area contributed by atoms with Gasteiger partial charge in [0.1, 0.15) is 0 Å².